The van der Waals surface area contributed by atoms with Gasteiger partial charge in [0, 0.05) is 43.1 Å². The Morgan fingerprint density at radius 3 is 2.44 bits per heavy atom. The summed E-state index contributed by atoms with van der Waals surface area (Å²) in [5, 5.41) is 0. The second-order valence-electron chi connectivity index (χ2n) is 8.05. The molecule has 1 aromatic heterocycles. The van der Waals surface area contributed by atoms with Crippen LogP contribution in [0.2, 0.25) is 0 Å². The monoisotopic (exact) mass is 521 g/mol. The molecule has 0 bridgehead atoms. The van der Waals surface area contributed by atoms with E-state index in [9.17, 15) is 13.2 Å². The van der Waals surface area contributed by atoms with E-state index < -0.39 is 15.9 Å². The van der Waals surface area contributed by atoms with Crippen molar-refractivity contribution in [2.45, 2.75) is 31.3 Å². The van der Waals surface area contributed by atoms with Crippen LogP contribution >= 0.6 is 23.1 Å². The fraction of sp³-hybridized carbons (Fsp3) is 0.391. The molecule has 0 unspecified atom stereocenters. The molecule has 0 atom stereocenters. The van der Waals surface area contributed by atoms with Gasteiger partial charge in [-0.2, -0.15) is 21.1 Å². The Kier molecular flexibility index (Phi) is 7.36. The van der Waals surface area contributed by atoms with Crippen LogP contribution in [0, 0.1) is 0 Å². The highest BCUT2D eigenvalue weighted by Gasteiger charge is 2.23. The lowest BCUT2D eigenvalue weighted by atomic mass is 10.2. The first-order valence-corrected chi connectivity index (χ1v) is 14.5. The lowest BCUT2D eigenvalue weighted by Gasteiger charge is -2.20. The zero-order chi connectivity index (χ0) is 24.5. The van der Waals surface area contributed by atoms with E-state index in [2.05, 4.69) is 4.99 Å². The molecule has 0 radical (unpaired) electrons. The Labute approximate surface area is 207 Å². The Balaban J connectivity index is 1.71. The number of nitrogens with zero attached hydrogens (tertiary/aromatic N) is 3. The van der Waals surface area contributed by atoms with E-state index in [0.29, 0.717) is 41.6 Å². The molecule has 4 rings (SSSR count). The molecule has 2 aromatic carbocycles. The highest BCUT2D eigenvalue weighted by atomic mass is 32.2. The van der Waals surface area contributed by atoms with Crippen molar-refractivity contribution in [3.63, 3.8) is 0 Å². The number of hydrogen-bond donors (Lipinski definition) is 0. The van der Waals surface area contributed by atoms with Gasteiger partial charge in [-0.1, -0.05) is 11.3 Å². The van der Waals surface area contributed by atoms with Crippen LogP contribution in [0.5, 0.6) is 11.5 Å². The summed E-state index contributed by atoms with van der Waals surface area (Å²) in [6.45, 7) is 5.30. The molecule has 0 fully saturated rings. The van der Waals surface area contributed by atoms with Crippen LogP contribution in [0.3, 0.4) is 0 Å². The van der Waals surface area contributed by atoms with Gasteiger partial charge < -0.3 is 14.0 Å². The van der Waals surface area contributed by atoms with Crippen molar-refractivity contribution >= 4 is 49.2 Å². The topological polar surface area (TPSA) is 90.2 Å². The molecule has 0 saturated carbocycles. The van der Waals surface area contributed by atoms with Gasteiger partial charge in [0.25, 0.3) is 5.91 Å². The molecule has 0 aliphatic carbocycles. The molecule has 2 heterocycles. The SMILES string of the molecule is CSCCn1c(=NC(=O)c2ccc(S(=O)(=O)N(C)C(C)C)cc2)sc2cc3c(cc21)OCCO3. The molecule has 0 spiro atoms. The van der Waals surface area contributed by atoms with E-state index >= 15 is 0 Å². The van der Waals surface area contributed by atoms with E-state index in [1.54, 1.807) is 25.6 Å². The van der Waals surface area contributed by atoms with Crippen molar-refractivity contribution < 1.29 is 22.7 Å². The van der Waals surface area contributed by atoms with Gasteiger partial charge in [0.2, 0.25) is 10.0 Å². The summed E-state index contributed by atoms with van der Waals surface area (Å²) in [7, 11) is -2.08. The lowest BCUT2D eigenvalue weighted by Crippen LogP contribution is -2.33. The molecule has 182 valence electrons. The Morgan fingerprint density at radius 2 is 1.82 bits per heavy atom. The number of hydrogen-bond acceptors (Lipinski definition) is 7. The number of aryl methyl sites for hydroxylation is 1. The number of fused-ring (bicyclic) bond motifs is 2. The smallest absolute Gasteiger partial charge is 0.279 e. The highest BCUT2D eigenvalue weighted by Crippen LogP contribution is 2.35. The van der Waals surface area contributed by atoms with Crippen LogP contribution in [-0.4, -0.2) is 61.5 Å². The zero-order valence-corrected chi connectivity index (χ0v) is 21.9. The number of benzene rings is 2. The summed E-state index contributed by atoms with van der Waals surface area (Å²) in [4.78, 5) is 18.1. The first-order chi connectivity index (χ1) is 16.2. The molecular weight excluding hydrogens is 494 g/mol. The van der Waals surface area contributed by atoms with Gasteiger partial charge in [-0.25, -0.2) is 8.42 Å². The summed E-state index contributed by atoms with van der Waals surface area (Å²) in [6.07, 6.45) is 2.03. The average molecular weight is 522 g/mol. The third-order valence-corrected chi connectivity index (χ3v) is 9.25. The fourth-order valence-electron chi connectivity index (χ4n) is 3.46. The molecule has 3 aromatic rings. The molecule has 0 saturated heterocycles. The number of rotatable bonds is 7. The summed E-state index contributed by atoms with van der Waals surface area (Å²) in [5.41, 5.74) is 1.26. The normalized spacial score (nSPS) is 14.4. The van der Waals surface area contributed by atoms with Crippen molar-refractivity contribution in [2.75, 3.05) is 32.3 Å². The van der Waals surface area contributed by atoms with Gasteiger partial charge in [-0.3, -0.25) is 4.79 Å². The summed E-state index contributed by atoms with van der Waals surface area (Å²) >= 11 is 3.12. The maximum Gasteiger partial charge on any atom is 0.279 e. The summed E-state index contributed by atoms with van der Waals surface area (Å²) in [6, 6.07) is 9.61. The van der Waals surface area contributed by atoms with Crippen LogP contribution in [-0.2, 0) is 16.6 Å². The van der Waals surface area contributed by atoms with E-state index in [4.69, 9.17) is 9.47 Å². The number of sulfonamides is 1. The minimum absolute atomic E-state index is 0.141. The molecular formula is C23H27N3O5S3. The van der Waals surface area contributed by atoms with Crippen LogP contribution in [0.15, 0.2) is 46.3 Å². The molecule has 1 aliphatic rings. The molecule has 34 heavy (non-hydrogen) atoms. The first-order valence-electron chi connectivity index (χ1n) is 10.8. The van der Waals surface area contributed by atoms with Gasteiger partial charge in [-0.05, 0) is 44.4 Å². The Morgan fingerprint density at radius 1 is 1.18 bits per heavy atom. The number of ether oxygens (including phenoxy) is 2. The van der Waals surface area contributed by atoms with Gasteiger partial charge in [-0.15, -0.1) is 0 Å². The highest BCUT2D eigenvalue weighted by molar-refractivity contribution is 7.98. The molecule has 11 heteroatoms. The van der Waals surface area contributed by atoms with E-state index in [0.717, 1.165) is 16.0 Å². The number of thiazole rings is 1. The van der Waals surface area contributed by atoms with Crippen molar-refractivity contribution in [3.05, 3.63) is 46.8 Å². The number of amides is 1. The largest absolute Gasteiger partial charge is 0.486 e. The fourth-order valence-corrected chi connectivity index (χ4v) is 6.25. The van der Waals surface area contributed by atoms with E-state index in [1.807, 2.05) is 23.0 Å². The predicted octanol–water partition coefficient (Wildman–Crippen LogP) is 3.61. The van der Waals surface area contributed by atoms with E-state index in [1.165, 1.54) is 47.0 Å². The van der Waals surface area contributed by atoms with Crippen LogP contribution in [0.1, 0.15) is 24.2 Å². The minimum Gasteiger partial charge on any atom is -0.486 e. The number of aromatic nitrogens is 1. The van der Waals surface area contributed by atoms with Crippen molar-refractivity contribution in [1.29, 1.82) is 0 Å². The Bertz CT molecular complexity index is 1380. The van der Waals surface area contributed by atoms with Gasteiger partial charge in [0.15, 0.2) is 16.3 Å². The van der Waals surface area contributed by atoms with E-state index in [-0.39, 0.29) is 10.9 Å². The predicted molar refractivity (Wildman–Crippen MR) is 136 cm³/mol. The number of carbonyl (C=O) groups excluding carboxylic acids is 1. The average Bonchev–Trinajstić information content (AvgIpc) is 3.16. The van der Waals surface area contributed by atoms with Crippen LogP contribution in [0.25, 0.3) is 10.2 Å². The lowest BCUT2D eigenvalue weighted by molar-refractivity contribution is 0.0997. The minimum atomic E-state index is -3.62. The van der Waals surface area contributed by atoms with Crippen molar-refractivity contribution in [1.82, 2.24) is 8.87 Å². The standard InChI is InChI=1S/C23H27N3O5S3/c1-15(2)25(3)34(28,29)17-7-5-16(6-8-17)22(27)24-23-26(9-12-32-4)18-13-19-20(14-21(18)33-23)31-11-10-30-19/h5-8,13-15H,9-12H2,1-4H3. The van der Waals surface area contributed by atoms with Crippen LogP contribution < -0.4 is 14.3 Å². The van der Waals surface area contributed by atoms with Crippen molar-refractivity contribution in [3.8, 4) is 11.5 Å². The van der Waals surface area contributed by atoms with Gasteiger partial charge in [0.1, 0.15) is 13.2 Å². The quantitative estimate of drug-likeness (QED) is 0.472. The van der Waals surface area contributed by atoms with Gasteiger partial charge >= 0.3 is 0 Å². The molecule has 1 aliphatic heterocycles. The third-order valence-electron chi connectivity index (χ3n) is 5.57. The second-order valence-corrected chi connectivity index (χ2v) is 12.0. The Hall–Kier alpha value is -2.34. The third kappa shape index (κ3) is 4.88. The molecule has 0 N–H and O–H groups in total. The number of carbonyl (C=O) groups is 1. The molecule has 8 nitrogen and oxygen atoms in total. The maximum atomic E-state index is 13.0. The summed E-state index contributed by atoms with van der Waals surface area (Å²) in [5.74, 6) is 1.81. The number of thioether (sulfide) groups is 1. The van der Waals surface area contributed by atoms with Crippen molar-refractivity contribution in [2.24, 2.45) is 4.99 Å². The summed E-state index contributed by atoms with van der Waals surface area (Å²) < 4.78 is 41.1. The molecule has 1 amide bonds. The van der Waals surface area contributed by atoms with Gasteiger partial charge in [0.05, 0.1) is 15.1 Å². The first kappa shape index (κ1) is 24.8. The maximum absolute atomic E-state index is 13.0. The zero-order valence-electron chi connectivity index (χ0n) is 19.5. The van der Waals surface area contributed by atoms with Crippen LogP contribution in [0.4, 0.5) is 0 Å². The second kappa shape index (κ2) is 10.1.